The molecular weight excluding hydrogens is 402 g/mol. The zero-order chi connectivity index (χ0) is 21.3. The Morgan fingerprint density at radius 1 is 1.27 bits per heavy atom. The largest absolute Gasteiger partial charge is 0.497 e. The Labute approximate surface area is 179 Å². The Morgan fingerprint density at radius 3 is 2.83 bits per heavy atom. The van der Waals surface area contributed by atoms with Crippen molar-refractivity contribution >= 4 is 29.3 Å². The van der Waals surface area contributed by atoms with E-state index in [0.717, 1.165) is 16.8 Å². The molecule has 8 heteroatoms. The van der Waals surface area contributed by atoms with E-state index in [-0.39, 0.29) is 18.4 Å². The number of benzene rings is 2. The highest BCUT2D eigenvalue weighted by atomic mass is 32.2. The summed E-state index contributed by atoms with van der Waals surface area (Å²) < 4.78 is 10.5. The van der Waals surface area contributed by atoms with E-state index in [9.17, 15) is 14.9 Å². The summed E-state index contributed by atoms with van der Waals surface area (Å²) in [4.78, 5) is 28.8. The lowest BCUT2D eigenvalue weighted by Gasteiger charge is -2.33. The van der Waals surface area contributed by atoms with Crippen molar-refractivity contribution in [2.75, 3.05) is 38.0 Å². The van der Waals surface area contributed by atoms with E-state index in [4.69, 9.17) is 9.47 Å². The fraction of sp³-hybridized carbons (Fsp3) is 0.318. The number of carbonyl (C=O) groups excluding carboxylic acids is 2. The van der Waals surface area contributed by atoms with Gasteiger partial charge in [-0.15, -0.1) is 11.8 Å². The van der Waals surface area contributed by atoms with Gasteiger partial charge in [-0.1, -0.05) is 12.1 Å². The summed E-state index contributed by atoms with van der Waals surface area (Å²) in [5.41, 5.74) is 2.87. The highest BCUT2D eigenvalue weighted by Crippen LogP contribution is 2.55. The quantitative estimate of drug-likeness (QED) is 0.735. The highest BCUT2D eigenvalue weighted by molar-refractivity contribution is 8.01. The van der Waals surface area contributed by atoms with Gasteiger partial charge in [-0.05, 0) is 35.9 Å². The average molecular weight is 423 g/mol. The Kier molecular flexibility index (Phi) is 5.41. The first-order valence-electron chi connectivity index (χ1n) is 9.48. The van der Waals surface area contributed by atoms with Gasteiger partial charge in [-0.2, -0.15) is 5.26 Å². The lowest BCUT2D eigenvalue weighted by atomic mass is 10.1. The second kappa shape index (κ2) is 8.01. The minimum Gasteiger partial charge on any atom is -0.497 e. The van der Waals surface area contributed by atoms with Crippen LogP contribution in [0.5, 0.6) is 5.75 Å². The van der Waals surface area contributed by atoms with Crippen LogP contribution >= 0.6 is 11.8 Å². The van der Waals surface area contributed by atoms with E-state index in [0.29, 0.717) is 30.2 Å². The zero-order valence-electron chi connectivity index (χ0n) is 16.8. The summed E-state index contributed by atoms with van der Waals surface area (Å²) in [7, 11) is 3.04. The fourth-order valence-corrected chi connectivity index (χ4v) is 5.53. The first-order valence-corrected chi connectivity index (χ1v) is 10.5. The second-order valence-corrected chi connectivity index (χ2v) is 8.35. The van der Waals surface area contributed by atoms with Gasteiger partial charge in [-0.3, -0.25) is 9.59 Å². The molecule has 0 bridgehead atoms. The van der Waals surface area contributed by atoms with Crippen LogP contribution in [0.4, 0.5) is 5.69 Å². The van der Waals surface area contributed by atoms with E-state index < -0.39 is 4.87 Å². The molecule has 1 saturated heterocycles. The van der Waals surface area contributed by atoms with Gasteiger partial charge in [0, 0.05) is 25.0 Å². The SMILES string of the molecule is COCC(=O)N1CCS[C@]12C(=O)N(Cc1cccc(C#N)c1)c1ccc(OC)cc12. The smallest absolute Gasteiger partial charge is 0.268 e. The van der Waals surface area contributed by atoms with Crippen LogP contribution in [-0.2, 0) is 25.7 Å². The van der Waals surface area contributed by atoms with Gasteiger partial charge in [0.1, 0.15) is 12.4 Å². The molecule has 2 aliphatic heterocycles. The van der Waals surface area contributed by atoms with Crippen molar-refractivity contribution in [1.29, 1.82) is 5.26 Å². The maximum atomic E-state index is 13.8. The van der Waals surface area contributed by atoms with E-state index in [1.54, 1.807) is 35.1 Å². The van der Waals surface area contributed by atoms with Gasteiger partial charge >= 0.3 is 0 Å². The molecule has 30 heavy (non-hydrogen) atoms. The molecule has 2 heterocycles. The molecule has 154 valence electrons. The lowest BCUT2D eigenvalue weighted by molar-refractivity contribution is -0.143. The molecule has 0 unspecified atom stereocenters. The standard InChI is InChI=1S/C22H21N3O4S/c1-28-14-20(26)25-8-9-30-22(25)18-11-17(29-2)6-7-19(18)24(21(22)27)13-16-5-3-4-15(10-16)12-23/h3-7,10-11H,8-9,13-14H2,1-2H3/t22-/m1/s1. The summed E-state index contributed by atoms with van der Waals surface area (Å²) in [5.74, 6) is 0.884. The van der Waals surface area contributed by atoms with Gasteiger partial charge in [0.15, 0.2) is 4.87 Å². The summed E-state index contributed by atoms with van der Waals surface area (Å²) in [5, 5.41) is 9.20. The van der Waals surface area contributed by atoms with Crippen molar-refractivity contribution < 1.29 is 19.1 Å². The highest BCUT2D eigenvalue weighted by Gasteiger charge is 2.59. The number of anilines is 1. The van der Waals surface area contributed by atoms with Gasteiger partial charge in [0.25, 0.3) is 5.91 Å². The van der Waals surface area contributed by atoms with Crippen molar-refractivity contribution in [1.82, 2.24) is 4.90 Å². The molecule has 0 radical (unpaired) electrons. The van der Waals surface area contributed by atoms with Gasteiger partial charge in [0.05, 0.1) is 31.0 Å². The van der Waals surface area contributed by atoms with Crippen molar-refractivity contribution in [3.05, 3.63) is 59.2 Å². The van der Waals surface area contributed by atoms with Crippen molar-refractivity contribution in [3.63, 3.8) is 0 Å². The van der Waals surface area contributed by atoms with Crippen LogP contribution in [0, 0.1) is 11.3 Å². The number of fused-ring (bicyclic) bond motifs is 2. The minimum absolute atomic E-state index is 0.0842. The van der Waals surface area contributed by atoms with Crippen LogP contribution in [0.1, 0.15) is 16.7 Å². The van der Waals surface area contributed by atoms with Crippen molar-refractivity contribution in [2.24, 2.45) is 0 Å². The first-order chi connectivity index (χ1) is 14.5. The predicted octanol–water partition coefficient (Wildman–Crippen LogP) is 2.49. The topological polar surface area (TPSA) is 82.9 Å². The molecule has 2 amide bonds. The lowest BCUT2D eigenvalue weighted by Crippen LogP contribution is -2.51. The number of carbonyl (C=O) groups is 2. The van der Waals surface area contributed by atoms with Gasteiger partial charge in [0.2, 0.25) is 5.91 Å². The summed E-state index contributed by atoms with van der Waals surface area (Å²) in [6, 6.07) is 14.8. The number of hydrogen-bond acceptors (Lipinski definition) is 6. The molecule has 2 aromatic rings. The molecular formula is C22H21N3O4S. The normalized spacial score (nSPS) is 19.8. The van der Waals surface area contributed by atoms with E-state index in [2.05, 4.69) is 6.07 Å². The molecule has 2 aliphatic rings. The average Bonchev–Trinajstić information content (AvgIpc) is 3.31. The van der Waals surface area contributed by atoms with Crippen LogP contribution in [0.2, 0.25) is 0 Å². The molecule has 7 nitrogen and oxygen atoms in total. The molecule has 1 atom stereocenters. The Bertz CT molecular complexity index is 1050. The third-order valence-corrected chi connectivity index (χ3v) is 6.79. The number of thioether (sulfide) groups is 1. The molecule has 0 aromatic heterocycles. The summed E-state index contributed by atoms with van der Waals surface area (Å²) >= 11 is 1.46. The van der Waals surface area contributed by atoms with Crippen LogP contribution in [-0.4, -0.2) is 49.8 Å². The zero-order valence-corrected chi connectivity index (χ0v) is 17.6. The van der Waals surface area contributed by atoms with Gasteiger partial charge < -0.3 is 19.3 Å². The first kappa shape index (κ1) is 20.3. The number of rotatable bonds is 5. The maximum absolute atomic E-state index is 13.8. The Hall–Kier alpha value is -3.02. The molecule has 1 spiro atoms. The number of ether oxygens (including phenoxy) is 2. The number of methoxy groups -OCH3 is 2. The van der Waals surface area contributed by atoms with Crippen LogP contribution < -0.4 is 9.64 Å². The second-order valence-electron chi connectivity index (χ2n) is 7.06. The number of nitrogens with zero attached hydrogens (tertiary/aromatic N) is 3. The predicted molar refractivity (Wildman–Crippen MR) is 113 cm³/mol. The molecule has 2 aromatic carbocycles. The minimum atomic E-state index is -1.13. The van der Waals surface area contributed by atoms with Crippen LogP contribution in [0.3, 0.4) is 0 Å². The van der Waals surface area contributed by atoms with E-state index in [1.165, 1.54) is 18.9 Å². The number of hydrogen-bond donors (Lipinski definition) is 0. The third-order valence-electron chi connectivity index (χ3n) is 5.37. The molecule has 0 saturated carbocycles. The monoisotopic (exact) mass is 423 g/mol. The van der Waals surface area contributed by atoms with Gasteiger partial charge in [-0.25, -0.2) is 0 Å². The number of nitriles is 1. The fourth-order valence-electron chi connectivity index (χ4n) is 4.06. The number of amides is 2. The maximum Gasteiger partial charge on any atom is 0.268 e. The van der Waals surface area contributed by atoms with Crippen molar-refractivity contribution in [3.8, 4) is 11.8 Å². The van der Waals surface area contributed by atoms with E-state index in [1.807, 2.05) is 24.3 Å². The van der Waals surface area contributed by atoms with Crippen LogP contribution in [0.15, 0.2) is 42.5 Å². The molecule has 0 aliphatic carbocycles. The molecule has 1 fully saturated rings. The molecule has 4 rings (SSSR count). The van der Waals surface area contributed by atoms with Crippen molar-refractivity contribution in [2.45, 2.75) is 11.4 Å². The summed E-state index contributed by atoms with van der Waals surface area (Å²) in [6.07, 6.45) is 0. The third kappa shape index (κ3) is 3.11. The Balaban J connectivity index is 1.81. The Morgan fingerprint density at radius 2 is 2.10 bits per heavy atom. The molecule has 0 N–H and O–H groups in total. The van der Waals surface area contributed by atoms with E-state index >= 15 is 0 Å². The summed E-state index contributed by atoms with van der Waals surface area (Å²) in [6.45, 7) is 0.689. The van der Waals surface area contributed by atoms with Crippen LogP contribution in [0.25, 0.3) is 0 Å².